The molecule has 0 unspecified atom stereocenters. The van der Waals surface area contributed by atoms with E-state index in [1.807, 2.05) is 24.3 Å². The molecule has 1 N–H and O–H groups in total. The van der Waals surface area contributed by atoms with Crippen molar-refractivity contribution in [3.05, 3.63) is 82.0 Å². The molecule has 2 aromatic heterocycles. The Labute approximate surface area is 167 Å². The second-order valence-electron chi connectivity index (χ2n) is 7.38. The number of likely N-dealkylation sites (N-methyl/N-ethyl adjacent to an activating group) is 1. The van der Waals surface area contributed by atoms with Crippen molar-refractivity contribution in [1.29, 1.82) is 0 Å². The zero-order chi connectivity index (χ0) is 19.3. The summed E-state index contributed by atoms with van der Waals surface area (Å²) in [6.07, 6.45) is 3.68. The Kier molecular flexibility index (Phi) is 4.07. The summed E-state index contributed by atoms with van der Waals surface area (Å²) < 4.78 is 1.57. The van der Waals surface area contributed by atoms with Gasteiger partial charge in [-0.25, -0.2) is 4.98 Å². The largest absolute Gasteiger partial charge is 0.361 e. The summed E-state index contributed by atoms with van der Waals surface area (Å²) in [7, 11) is 2.14. The lowest BCUT2D eigenvalue weighted by atomic mass is 9.92. The van der Waals surface area contributed by atoms with Crippen molar-refractivity contribution in [2.24, 2.45) is 0 Å². The number of fused-ring (bicyclic) bond motifs is 1. The number of aromatic amines is 1. The van der Waals surface area contributed by atoms with Gasteiger partial charge in [0.2, 0.25) is 0 Å². The third-order valence-electron chi connectivity index (χ3n) is 5.43. The van der Waals surface area contributed by atoms with Crippen molar-refractivity contribution in [2.45, 2.75) is 5.92 Å². The van der Waals surface area contributed by atoms with Gasteiger partial charge in [-0.2, -0.15) is 0 Å². The maximum Gasteiger partial charge on any atom is 0.258 e. The van der Waals surface area contributed by atoms with E-state index in [0.717, 1.165) is 29.9 Å². The molecule has 6 heteroatoms. The van der Waals surface area contributed by atoms with E-state index in [0.29, 0.717) is 16.6 Å². The third kappa shape index (κ3) is 2.93. The molecule has 0 amide bonds. The summed E-state index contributed by atoms with van der Waals surface area (Å²) in [5.74, 6) is 0.577. The fourth-order valence-electron chi connectivity index (χ4n) is 3.89. The zero-order valence-corrected chi connectivity index (χ0v) is 16.1. The van der Waals surface area contributed by atoms with Gasteiger partial charge < -0.3 is 9.88 Å². The first kappa shape index (κ1) is 17.2. The van der Waals surface area contributed by atoms with Crippen LogP contribution in [0.1, 0.15) is 11.5 Å². The topological polar surface area (TPSA) is 53.9 Å². The monoisotopic (exact) mass is 390 g/mol. The van der Waals surface area contributed by atoms with E-state index in [4.69, 9.17) is 11.6 Å². The number of benzene rings is 2. The molecule has 1 fully saturated rings. The van der Waals surface area contributed by atoms with E-state index in [-0.39, 0.29) is 5.56 Å². The second kappa shape index (κ2) is 6.62. The molecule has 0 atom stereocenters. The lowest BCUT2D eigenvalue weighted by molar-refractivity contribution is 0.190. The van der Waals surface area contributed by atoms with Gasteiger partial charge in [0.1, 0.15) is 6.33 Å². The van der Waals surface area contributed by atoms with Crippen LogP contribution in [0.3, 0.4) is 0 Å². The molecule has 2 aromatic carbocycles. The molecule has 0 radical (unpaired) electrons. The average molecular weight is 391 g/mol. The van der Waals surface area contributed by atoms with Gasteiger partial charge in [-0.3, -0.25) is 9.36 Å². The normalized spacial score (nSPS) is 15.1. The van der Waals surface area contributed by atoms with Crippen LogP contribution in [0.5, 0.6) is 0 Å². The van der Waals surface area contributed by atoms with E-state index in [2.05, 4.69) is 34.2 Å². The first-order valence-corrected chi connectivity index (χ1v) is 9.61. The molecular weight excluding hydrogens is 372 g/mol. The molecule has 3 heterocycles. The molecule has 28 heavy (non-hydrogen) atoms. The summed E-state index contributed by atoms with van der Waals surface area (Å²) in [5.41, 5.74) is 4.57. The van der Waals surface area contributed by atoms with Crippen LogP contribution in [-0.2, 0) is 0 Å². The quantitative estimate of drug-likeness (QED) is 0.574. The van der Waals surface area contributed by atoms with E-state index in [9.17, 15) is 4.79 Å². The first-order chi connectivity index (χ1) is 13.6. The number of rotatable bonds is 3. The molecular formula is C22H19ClN4O. The van der Waals surface area contributed by atoms with Crippen molar-refractivity contribution in [1.82, 2.24) is 19.4 Å². The smallest absolute Gasteiger partial charge is 0.258 e. The Morgan fingerprint density at radius 1 is 1.11 bits per heavy atom. The van der Waals surface area contributed by atoms with Crippen LogP contribution < -0.4 is 5.56 Å². The lowest BCUT2D eigenvalue weighted by Gasteiger charge is -2.36. The standard InChI is InChI=1S/C22H19ClN4O/c1-26-11-15(12-26)19-10-24-21-8-17(6-7-18(19)21)27-13-25-20(9-22(27)28)14-2-4-16(23)5-3-14/h2-10,13,15,24H,11-12H2,1H3. The van der Waals surface area contributed by atoms with E-state index in [1.54, 1.807) is 29.1 Å². The molecule has 0 spiro atoms. The Bertz CT molecular complexity index is 1220. The number of hydrogen-bond acceptors (Lipinski definition) is 3. The van der Waals surface area contributed by atoms with Gasteiger partial charge in [0.25, 0.3) is 5.56 Å². The predicted molar refractivity (Wildman–Crippen MR) is 112 cm³/mol. The van der Waals surface area contributed by atoms with Gasteiger partial charge in [-0.15, -0.1) is 0 Å². The maximum atomic E-state index is 12.7. The molecule has 1 aliphatic rings. The highest BCUT2D eigenvalue weighted by Crippen LogP contribution is 2.32. The first-order valence-electron chi connectivity index (χ1n) is 9.23. The SMILES string of the molecule is CN1CC(c2c[nH]c3cc(-n4cnc(-c5ccc(Cl)cc5)cc4=O)ccc23)C1. The van der Waals surface area contributed by atoms with E-state index >= 15 is 0 Å². The number of hydrogen-bond donors (Lipinski definition) is 1. The molecule has 4 aromatic rings. The second-order valence-corrected chi connectivity index (χ2v) is 7.82. The highest BCUT2D eigenvalue weighted by atomic mass is 35.5. The summed E-state index contributed by atoms with van der Waals surface area (Å²) >= 11 is 5.93. The zero-order valence-electron chi connectivity index (χ0n) is 15.4. The minimum absolute atomic E-state index is 0.119. The van der Waals surface area contributed by atoms with Crippen molar-refractivity contribution in [2.75, 3.05) is 20.1 Å². The number of nitrogens with zero attached hydrogens (tertiary/aromatic N) is 3. The highest BCUT2D eigenvalue weighted by molar-refractivity contribution is 6.30. The molecule has 1 saturated heterocycles. The van der Waals surface area contributed by atoms with Crippen molar-refractivity contribution < 1.29 is 0 Å². The molecule has 5 nitrogen and oxygen atoms in total. The Balaban J connectivity index is 1.49. The summed E-state index contributed by atoms with van der Waals surface area (Å²) in [5, 5.41) is 1.88. The van der Waals surface area contributed by atoms with Gasteiger partial charge in [0.15, 0.2) is 0 Å². The minimum Gasteiger partial charge on any atom is -0.361 e. The van der Waals surface area contributed by atoms with Crippen LogP contribution in [-0.4, -0.2) is 39.6 Å². The van der Waals surface area contributed by atoms with Crippen molar-refractivity contribution in [3.63, 3.8) is 0 Å². The van der Waals surface area contributed by atoms with E-state index < -0.39 is 0 Å². The number of likely N-dealkylation sites (tertiary alicyclic amines) is 1. The molecule has 1 aliphatic heterocycles. The van der Waals surface area contributed by atoms with Gasteiger partial charge in [-0.05, 0) is 36.9 Å². The van der Waals surface area contributed by atoms with Crippen molar-refractivity contribution >= 4 is 22.5 Å². The lowest BCUT2D eigenvalue weighted by Crippen LogP contribution is -2.41. The average Bonchev–Trinajstić information content (AvgIpc) is 3.08. The Morgan fingerprint density at radius 3 is 2.61 bits per heavy atom. The number of aromatic nitrogens is 3. The molecule has 0 aliphatic carbocycles. The predicted octanol–water partition coefficient (Wildman–Crippen LogP) is 4.06. The van der Waals surface area contributed by atoms with Gasteiger partial charge in [-0.1, -0.05) is 29.8 Å². The fourth-order valence-corrected chi connectivity index (χ4v) is 4.02. The molecule has 0 saturated carbocycles. The highest BCUT2D eigenvalue weighted by Gasteiger charge is 2.26. The molecule has 5 rings (SSSR count). The summed E-state index contributed by atoms with van der Waals surface area (Å²) in [6, 6.07) is 14.9. The van der Waals surface area contributed by atoms with Crippen LogP contribution in [0.4, 0.5) is 0 Å². The number of nitrogens with one attached hydrogen (secondary N) is 1. The van der Waals surface area contributed by atoms with Crippen LogP contribution in [0, 0.1) is 0 Å². The molecule has 0 bridgehead atoms. The maximum absolute atomic E-state index is 12.7. The summed E-state index contributed by atoms with van der Waals surface area (Å²) in [6.45, 7) is 2.18. The van der Waals surface area contributed by atoms with Gasteiger partial charge in [0, 0.05) is 52.8 Å². The van der Waals surface area contributed by atoms with Crippen LogP contribution >= 0.6 is 11.6 Å². The van der Waals surface area contributed by atoms with Crippen LogP contribution in [0.15, 0.2) is 65.8 Å². The minimum atomic E-state index is -0.119. The summed E-state index contributed by atoms with van der Waals surface area (Å²) in [4.78, 5) is 22.8. The van der Waals surface area contributed by atoms with E-state index in [1.165, 1.54) is 10.9 Å². The Morgan fingerprint density at radius 2 is 1.89 bits per heavy atom. The van der Waals surface area contributed by atoms with Crippen molar-refractivity contribution in [3.8, 4) is 16.9 Å². The van der Waals surface area contributed by atoms with Gasteiger partial charge >= 0.3 is 0 Å². The Hall–Kier alpha value is -2.89. The fraction of sp³-hybridized carbons (Fsp3) is 0.182. The number of halogens is 1. The van der Waals surface area contributed by atoms with Gasteiger partial charge in [0.05, 0.1) is 11.4 Å². The molecule has 140 valence electrons. The number of H-pyrrole nitrogens is 1. The van der Waals surface area contributed by atoms with Crippen LogP contribution in [0.2, 0.25) is 5.02 Å². The third-order valence-corrected chi connectivity index (χ3v) is 5.68. The van der Waals surface area contributed by atoms with Crippen LogP contribution in [0.25, 0.3) is 27.8 Å².